The Hall–Kier alpha value is -0.620. The zero-order chi connectivity index (χ0) is 13.3. The molecule has 1 aromatic carbocycles. The Morgan fingerprint density at radius 3 is 2.61 bits per heavy atom. The van der Waals surface area contributed by atoms with Crippen molar-refractivity contribution in [2.24, 2.45) is 0 Å². The summed E-state index contributed by atoms with van der Waals surface area (Å²) in [6, 6.07) is 2.22. The maximum Gasteiger partial charge on any atom is 0.259 e. The van der Waals surface area contributed by atoms with Crippen molar-refractivity contribution in [2.45, 2.75) is 12.2 Å². The maximum atomic E-state index is 13.7. The number of amides is 1. The summed E-state index contributed by atoms with van der Waals surface area (Å²) in [6.07, 6.45) is 0. The van der Waals surface area contributed by atoms with E-state index in [0.29, 0.717) is 18.3 Å². The van der Waals surface area contributed by atoms with Crippen molar-refractivity contribution in [2.75, 3.05) is 18.8 Å². The summed E-state index contributed by atoms with van der Waals surface area (Å²) >= 11 is 4.75. The predicted molar refractivity (Wildman–Crippen MR) is 71.9 cm³/mol. The fourth-order valence-electron chi connectivity index (χ4n) is 1.91. The van der Waals surface area contributed by atoms with Gasteiger partial charge in [-0.2, -0.15) is 11.8 Å². The SMILES string of the molecule is CC1CN(C(=O)c2c(F)cc(Br)cc2F)CCS1. The molecule has 1 aliphatic rings. The number of thioether (sulfide) groups is 1. The molecule has 98 valence electrons. The molecule has 1 amide bonds. The van der Waals surface area contributed by atoms with E-state index >= 15 is 0 Å². The van der Waals surface area contributed by atoms with Gasteiger partial charge in [0.2, 0.25) is 0 Å². The minimum atomic E-state index is -0.822. The summed E-state index contributed by atoms with van der Waals surface area (Å²) in [5.74, 6) is -1.41. The van der Waals surface area contributed by atoms with Crippen molar-refractivity contribution >= 4 is 33.6 Å². The second kappa shape index (κ2) is 5.57. The average molecular weight is 336 g/mol. The number of carbonyl (C=O) groups excluding carboxylic acids is 1. The number of benzene rings is 1. The zero-order valence-electron chi connectivity index (χ0n) is 9.75. The highest BCUT2D eigenvalue weighted by Crippen LogP contribution is 2.24. The van der Waals surface area contributed by atoms with E-state index in [1.807, 2.05) is 6.92 Å². The predicted octanol–water partition coefficient (Wildman–Crippen LogP) is 3.30. The summed E-state index contributed by atoms with van der Waals surface area (Å²) < 4.78 is 27.7. The van der Waals surface area contributed by atoms with Crippen LogP contribution in [-0.4, -0.2) is 34.9 Å². The summed E-state index contributed by atoms with van der Waals surface area (Å²) in [4.78, 5) is 13.6. The molecule has 1 aliphatic heterocycles. The van der Waals surface area contributed by atoms with E-state index in [0.717, 1.165) is 17.9 Å². The Kier molecular flexibility index (Phi) is 4.27. The monoisotopic (exact) mass is 335 g/mol. The van der Waals surface area contributed by atoms with Crippen molar-refractivity contribution in [1.29, 1.82) is 0 Å². The van der Waals surface area contributed by atoms with Crippen molar-refractivity contribution in [3.8, 4) is 0 Å². The molecule has 0 saturated carbocycles. The second-order valence-electron chi connectivity index (χ2n) is 4.18. The third-order valence-electron chi connectivity index (χ3n) is 2.75. The number of hydrogen-bond donors (Lipinski definition) is 0. The van der Waals surface area contributed by atoms with Gasteiger partial charge in [0.1, 0.15) is 17.2 Å². The molecule has 0 spiro atoms. The van der Waals surface area contributed by atoms with Crippen molar-refractivity contribution in [3.63, 3.8) is 0 Å². The van der Waals surface area contributed by atoms with E-state index in [9.17, 15) is 13.6 Å². The van der Waals surface area contributed by atoms with Crippen LogP contribution < -0.4 is 0 Å². The minimum Gasteiger partial charge on any atom is -0.337 e. The van der Waals surface area contributed by atoms with Gasteiger partial charge in [0.25, 0.3) is 5.91 Å². The highest BCUT2D eigenvalue weighted by molar-refractivity contribution is 9.10. The fraction of sp³-hybridized carbons (Fsp3) is 0.417. The van der Waals surface area contributed by atoms with E-state index in [-0.39, 0.29) is 4.47 Å². The van der Waals surface area contributed by atoms with Gasteiger partial charge in [0.15, 0.2) is 0 Å². The molecule has 0 aliphatic carbocycles. The summed E-state index contributed by atoms with van der Waals surface area (Å²) in [6.45, 7) is 3.06. The van der Waals surface area contributed by atoms with Gasteiger partial charge in [-0.1, -0.05) is 22.9 Å². The first-order valence-electron chi connectivity index (χ1n) is 5.54. The smallest absolute Gasteiger partial charge is 0.259 e. The first-order chi connectivity index (χ1) is 8.49. The van der Waals surface area contributed by atoms with Crippen LogP contribution in [0.15, 0.2) is 16.6 Å². The lowest BCUT2D eigenvalue weighted by atomic mass is 10.1. The molecule has 2 rings (SSSR count). The van der Waals surface area contributed by atoms with Gasteiger partial charge >= 0.3 is 0 Å². The van der Waals surface area contributed by atoms with Crippen LogP contribution in [-0.2, 0) is 0 Å². The van der Waals surface area contributed by atoms with E-state index in [2.05, 4.69) is 15.9 Å². The van der Waals surface area contributed by atoms with Gasteiger partial charge in [-0.25, -0.2) is 8.78 Å². The molecule has 1 unspecified atom stereocenters. The molecule has 1 saturated heterocycles. The lowest BCUT2D eigenvalue weighted by Crippen LogP contribution is -2.41. The van der Waals surface area contributed by atoms with E-state index in [1.165, 1.54) is 4.90 Å². The molecule has 18 heavy (non-hydrogen) atoms. The van der Waals surface area contributed by atoms with Crippen LogP contribution in [0.4, 0.5) is 8.78 Å². The van der Waals surface area contributed by atoms with Crippen molar-refractivity contribution < 1.29 is 13.6 Å². The van der Waals surface area contributed by atoms with Crippen LogP contribution >= 0.6 is 27.7 Å². The van der Waals surface area contributed by atoms with Gasteiger partial charge in [-0.15, -0.1) is 0 Å². The Balaban J connectivity index is 2.28. The van der Waals surface area contributed by atoms with Crippen LogP contribution in [0.5, 0.6) is 0 Å². The molecule has 2 nitrogen and oxygen atoms in total. The molecular weight excluding hydrogens is 324 g/mol. The van der Waals surface area contributed by atoms with Crippen LogP contribution in [0.3, 0.4) is 0 Å². The molecule has 6 heteroatoms. The highest BCUT2D eigenvalue weighted by Gasteiger charge is 2.27. The van der Waals surface area contributed by atoms with Gasteiger partial charge < -0.3 is 4.90 Å². The largest absolute Gasteiger partial charge is 0.337 e. The van der Waals surface area contributed by atoms with Crippen LogP contribution in [0.25, 0.3) is 0 Å². The second-order valence-corrected chi connectivity index (χ2v) is 6.64. The lowest BCUT2D eigenvalue weighted by molar-refractivity contribution is 0.0753. The average Bonchev–Trinajstić information content (AvgIpc) is 2.27. The van der Waals surface area contributed by atoms with E-state index in [4.69, 9.17) is 0 Å². The van der Waals surface area contributed by atoms with E-state index < -0.39 is 23.1 Å². The topological polar surface area (TPSA) is 20.3 Å². The van der Waals surface area contributed by atoms with Crippen LogP contribution in [0, 0.1) is 11.6 Å². The third-order valence-corrected chi connectivity index (χ3v) is 4.34. The lowest BCUT2D eigenvalue weighted by Gasteiger charge is -2.30. The van der Waals surface area contributed by atoms with Gasteiger partial charge in [-0.3, -0.25) is 4.79 Å². The first kappa shape index (κ1) is 13.8. The van der Waals surface area contributed by atoms with Crippen LogP contribution in [0.1, 0.15) is 17.3 Å². The molecule has 1 aromatic rings. The van der Waals surface area contributed by atoms with Crippen molar-refractivity contribution in [1.82, 2.24) is 4.90 Å². The third kappa shape index (κ3) is 2.85. The van der Waals surface area contributed by atoms with Gasteiger partial charge in [0, 0.05) is 28.6 Å². The zero-order valence-corrected chi connectivity index (χ0v) is 12.2. The highest BCUT2D eigenvalue weighted by atomic mass is 79.9. The Morgan fingerprint density at radius 2 is 2.06 bits per heavy atom. The number of hydrogen-bond acceptors (Lipinski definition) is 2. The maximum absolute atomic E-state index is 13.7. The van der Waals surface area contributed by atoms with Crippen LogP contribution in [0.2, 0.25) is 0 Å². The summed E-state index contributed by atoms with van der Waals surface area (Å²) in [5.41, 5.74) is -0.461. The number of halogens is 3. The fourth-order valence-corrected chi connectivity index (χ4v) is 3.32. The molecule has 0 aromatic heterocycles. The molecule has 1 heterocycles. The summed E-state index contributed by atoms with van der Waals surface area (Å²) in [5, 5.41) is 0.296. The molecule has 1 fully saturated rings. The molecule has 0 radical (unpaired) electrons. The molecular formula is C12H12BrF2NOS. The normalized spacial score (nSPS) is 20.0. The van der Waals surface area contributed by atoms with E-state index in [1.54, 1.807) is 11.8 Å². The standard InChI is InChI=1S/C12H12BrF2NOS/c1-7-6-16(2-3-18-7)12(17)11-9(14)4-8(13)5-10(11)15/h4-5,7H,2-3,6H2,1H3. The quantitative estimate of drug-likeness (QED) is 0.784. The number of nitrogens with zero attached hydrogens (tertiary/aromatic N) is 1. The molecule has 1 atom stereocenters. The Morgan fingerprint density at radius 1 is 1.44 bits per heavy atom. The molecule has 0 bridgehead atoms. The Bertz CT molecular complexity index is 460. The van der Waals surface area contributed by atoms with Gasteiger partial charge in [0.05, 0.1) is 0 Å². The first-order valence-corrected chi connectivity index (χ1v) is 7.38. The summed E-state index contributed by atoms with van der Waals surface area (Å²) in [7, 11) is 0. The molecule has 0 N–H and O–H groups in total. The number of rotatable bonds is 1. The number of carbonyl (C=O) groups is 1. The van der Waals surface area contributed by atoms with Gasteiger partial charge in [-0.05, 0) is 12.1 Å². The minimum absolute atomic E-state index is 0.289. The Labute approximate surface area is 117 Å². The van der Waals surface area contributed by atoms with Crippen molar-refractivity contribution in [3.05, 3.63) is 33.8 Å².